The fraction of sp³-hybridized carbons (Fsp3) is 0.644. The fourth-order valence-corrected chi connectivity index (χ4v) is 5.51. The molecule has 8 heteroatoms. The molecule has 0 amide bonds. The van der Waals surface area contributed by atoms with Crippen LogP contribution in [-0.2, 0) is 19.0 Å². The van der Waals surface area contributed by atoms with E-state index in [0.29, 0.717) is 23.4 Å². The summed E-state index contributed by atoms with van der Waals surface area (Å²) in [5.74, 6) is -0.0947. The molecular formula is C45H72O8. The van der Waals surface area contributed by atoms with E-state index in [1.165, 1.54) is 30.7 Å². The molecule has 0 bridgehead atoms. The van der Waals surface area contributed by atoms with Crippen LogP contribution in [0.2, 0.25) is 0 Å². The molecule has 53 heavy (non-hydrogen) atoms. The molecule has 0 heterocycles. The number of benzene rings is 2. The summed E-state index contributed by atoms with van der Waals surface area (Å²) in [5, 5.41) is 8.94. The van der Waals surface area contributed by atoms with E-state index in [4.69, 9.17) is 19.3 Å². The number of hydrogen-bond donors (Lipinski definition) is 1. The highest BCUT2D eigenvalue weighted by molar-refractivity contribution is 5.93. The predicted octanol–water partition coefficient (Wildman–Crippen LogP) is 11.6. The average molecular weight is 741 g/mol. The molecule has 0 aliphatic rings. The Morgan fingerprint density at radius 1 is 0.604 bits per heavy atom. The SMILES string of the molecule is CC(C)C(C)(C)C(C)(C)C(C)(C)OC=O.CCC(C)(C(C)C)C(C)C.Cc1ccc(C(=O)OC(C)(C)C(C)(C)OC(=O)c2ccc(C(=O)O)cc2)cc1. The van der Waals surface area contributed by atoms with Crippen LogP contribution in [0.5, 0.6) is 0 Å². The highest BCUT2D eigenvalue weighted by Crippen LogP contribution is 2.51. The standard InChI is InChI=1S/C22H24O6.C13H26O2.C10H22/c1-14-6-8-16(9-7-14)19(25)27-21(2,3)22(4,5)28-20(26)17-12-10-15(11-13-17)18(23)24;1-10(2)11(3,4)12(5,6)13(7,8)15-9-14;1-7-10(6,8(2)3)9(4)5/h6-13H,1-5H3,(H,23,24);9-10H,1-8H3;8-9H,7H2,1-6H3. The van der Waals surface area contributed by atoms with Gasteiger partial charge in [-0.25, -0.2) is 14.4 Å². The van der Waals surface area contributed by atoms with Gasteiger partial charge in [-0.05, 0) is 113 Å². The quantitative estimate of drug-likeness (QED) is 0.116. The van der Waals surface area contributed by atoms with Gasteiger partial charge in [0.05, 0.1) is 16.7 Å². The monoisotopic (exact) mass is 741 g/mol. The molecule has 300 valence electrons. The summed E-state index contributed by atoms with van der Waals surface area (Å²) in [7, 11) is 0. The second kappa shape index (κ2) is 19.1. The van der Waals surface area contributed by atoms with Gasteiger partial charge in [-0.2, -0.15) is 0 Å². The molecule has 0 atom stereocenters. The van der Waals surface area contributed by atoms with Gasteiger partial charge < -0.3 is 19.3 Å². The number of ether oxygens (including phenoxy) is 3. The van der Waals surface area contributed by atoms with Crippen molar-refractivity contribution in [2.24, 2.45) is 34.0 Å². The third kappa shape index (κ3) is 12.7. The van der Waals surface area contributed by atoms with Crippen molar-refractivity contribution in [2.45, 2.75) is 155 Å². The lowest BCUT2D eigenvalue weighted by molar-refractivity contribution is -0.169. The molecule has 0 radical (unpaired) electrons. The van der Waals surface area contributed by atoms with Crippen LogP contribution >= 0.6 is 0 Å². The third-order valence-corrected chi connectivity index (χ3v) is 13.1. The number of hydrogen-bond acceptors (Lipinski definition) is 7. The first-order valence-corrected chi connectivity index (χ1v) is 18.9. The fourth-order valence-electron chi connectivity index (χ4n) is 5.51. The number of carboxylic acid groups (broad SMARTS) is 1. The number of aryl methyl sites for hydroxylation is 1. The first-order valence-electron chi connectivity index (χ1n) is 18.9. The zero-order valence-corrected chi connectivity index (χ0v) is 36.4. The van der Waals surface area contributed by atoms with Crippen LogP contribution in [-0.4, -0.2) is 46.3 Å². The first-order chi connectivity index (χ1) is 23.9. The number of carbonyl (C=O) groups excluding carboxylic acids is 3. The number of carboxylic acids is 1. The number of rotatable bonds is 14. The minimum absolute atomic E-state index is 0.0724. The lowest BCUT2D eigenvalue weighted by atomic mass is 9.56. The van der Waals surface area contributed by atoms with E-state index in [-0.39, 0.29) is 22.0 Å². The molecular weight excluding hydrogens is 668 g/mol. The summed E-state index contributed by atoms with van der Waals surface area (Å²) < 4.78 is 16.5. The van der Waals surface area contributed by atoms with Gasteiger partial charge in [0.2, 0.25) is 0 Å². The smallest absolute Gasteiger partial charge is 0.338 e. The minimum Gasteiger partial charge on any atom is -0.478 e. The molecule has 8 nitrogen and oxygen atoms in total. The minimum atomic E-state index is -1.14. The Bertz CT molecular complexity index is 1470. The van der Waals surface area contributed by atoms with Crippen LogP contribution in [0, 0.1) is 40.9 Å². The van der Waals surface area contributed by atoms with Crippen molar-refractivity contribution >= 4 is 24.4 Å². The highest BCUT2D eigenvalue weighted by Gasteiger charge is 2.51. The van der Waals surface area contributed by atoms with Crippen LogP contribution in [0.1, 0.15) is 168 Å². The maximum absolute atomic E-state index is 12.5. The van der Waals surface area contributed by atoms with E-state index in [9.17, 15) is 19.2 Å². The van der Waals surface area contributed by atoms with Crippen LogP contribution in [0.4, 0.5) is 0 Å². The Morgan fingerprint density at radius 2 is 0.943 bits per heavy atom. The van der Waals surface area contributed by atoms with Gasteiger partial charge in [0.25, 0.3) is 6.47 Å². The topological polar surface area (TPSA) is 116 Å². The van der Waals surface area contributed by atoms with Crippen molar-refractivity contribution in [3.8, 4) is 0 Å². The lowest BCUT2D eigenvalue weighted by Crippen LogP contribution is -2.52. The maximum Gasteiger partial charge on any atom is 0.338 e. The van der Waals surface area contributed by atoms with Crippen LogP contribution in [0.15, 0.2) is 48.5 Å². The van der Waals surface area contributed by atoms with Crippen LogP contribution < -0.4 is 0 Å². The van der Waals surface area contributed by atoms with Gasteiger partial charge in [0.1, 0.15) is 16.8 Å². The molecule has 0 spiro atoms. The summed E-state index contributed by atoms with van der Waals surface area (Å²) in [6.45, 7) is 40.2. The second-order valence-electron chi connectivity index (χ2n) is 17.9. The Morgan fingerprint density at radius 3 is 1.21 bits per heavy atom. The second-order valence-corrected chi connectivity index (χ2v) is 17.9. The molecule has 2 rings (SSSR count). The van der Waals surface area contributed by atoms with E-state index in [1.54, 1.807) is 39.8 Å². The summed E-state index contributed by atoms with van der Waals surface area (Å²) in [5.41, 5.74) is -0.454. The largest absolute Gasteiger partial charge is 0.478 e. The van der Waals surface area contributed by atoms with E-state index in [1.807, 2.05) is 32.9 Å². The molecule has 2 aromatic rings. The predicted molar refractivity (Wildman–Crippen MR) is 215 cm³/mol. The van der Waals surface area contributed by atoms with Crippen molar-refractivity contribution in [3.63, 3.8) is 0 Å². The van der Waals surface area contributed by atoms with Crippen LogP contribution in [0.25, 0.3) is 0 Å². The lowest BCUT2D eigenvalue weighted by Gasteiger charge is -2.52. The van der Waals surface area contributed by atoms with Crippen molar-refractivity contribution in [1.82, 2.24) is 0 Å². The maximum atomic E-state index is 12.5. The van der Waals surface area contributed by atoms with Gasteiger partial charge in [-0.15, -0.1) is 0 Å². The molecule has 0 unspecified atom stereocenters. The van der Waals surface area contributed by atoms with Crippen molar-refractivity contribution in [2.75, 3.05) is 0 Å². The summed E-state index contributed by atoms with van der Waals surface area (Å²) in [4.78, 5) is 46.4. The summed E-state index contributed by atoms with van der Waals surface area (Å²) in [6, 6.07) is 12.4. The number of carbonyl (C=O) groups is 4. The van der Waals surface area contributed by atoms with Crippen molar-refractivity contribution in [3.05, 3.63) is 70.8 Å². The molecule has 0 aliphatic carbocycles. The van der Waals surface area contributed by atoms with Gasteiger partial charge in [-0.3, -0.25) is 4.79 Å². The number of aromatic carboxylic acids is 1. The molecule has 0 saturated carbocycles. The normalized spacial score (nSPS) is 12.6. The Kier molecular flexibility index (Phi) is 17.7. The Balaban J connectivity index is 0.000000904. The van der Waals surface area contributed by atoms with E-state index >= 15 is 0 Å². The highest BCUT2D eigenvalue weighted by atomic mass is 16.6. The van der Waals surface area contributed by atoms with Gasteiger partial charge >= 0.3 is 17.9 Å². The molecule has 2 aromatic carbocycles. The average Bonchev–Trinajstić information content (AvgIpc) is 3.04. The summed E-state index contributed by atoms with van der Waals surface area (Å²) in [6.07, 6.45) is 1.29. The molecule has 0 aromatic heterocycles. The molecule has 0 saturated heterocycles. The van der Waals surface area contributed by atoms with E-state index in [2.05, 4.69) is 83.1 Å². The van der Waals surface area contributed by atoms with Gasteiger partial charge in [-0.1, -0.05) is 107 Å². The van der Waals surface area contributed by atoms with Gasteiger partial charge in [0, 0.05) is 5.41 Å². The number of esters is 2. The van der Waals surface area contributed by atoms with Crippen molar-refractivity contribution in [1.29, 1.82) is 0 Å². The van der Waals surface area contributed by atoms with Crippen molar-refractivity contribution < 1.29 is 38.5 Å². The third-order valence-electron chi connectivity index (χ3n) is 13.1. The molecule has 0 fully saturated rings. The summed E-state index contributed by atoms with van der Waals surface area (Å²) >= 11 is 0. The van der Waals surface area contributed by atoms with Crippen LogP contribution in [0.3, 0.4) is 0 Å². The first kappa shape index (κ1) is 49.3. The van der Waals surface area contributed by atoms with Gasteiger partial charge in [0.15, 0.2) is 0 Å². The zero-order chi connectivity index (χ0) is 42.0. The Labute approximate surface area is 321 Å². The van der Waals surface area contributed by atoms with E-state index < -0.39 is 34.7 Å². The Hall–Kier alpha value is -3.68. The molecule has 1 N–H and O–H groups in total. The van der Waals surface area contributed by atoms with E-state index in [0.717, 1.165) is 17.4 Å². The molecule has 0 aliphatic heterocycles. The zero-order valence-electron chi connectivity index (χ0n) is 36.4.